The van der Waals surface area contributed by atoms with E-state index in [1.54, 1.807) is 18.1 Å². The van der Waals surface area contributed by atoms with E-state index in [2.05, 4.69) is 16.9 Å². The highest BCUT2D eigenvalue weighted by Gasteiger charge is 1.98. The van der Waals surface area contributed by atoms with Crippen LogP contribution in [0.2, 0.25) is 0 Å². The maximum atomic E-state index is 4.11. The van der Waals surface area contributed by atoms with Crippen molar-refractivity contribution in [3.63, 3.8) is 0 Å². The standard InChI is InChI=1S/C6H10N2S/c1-3-5-6(9-2)8-4-7-5/h4H,3H2,1-2H3,(H,7,8). The summed E-state index contributed by atoms with van der Waals surface area (Å²) in [5.41, 5.74) is 1.24. The molecule has 0 saturated heterocycles. The van der Waals surface area contributed by atoms with E-state index in [9.17, 15) is 0 Å². The summed E-state index contributed by atoms with van der Waals surface area (Å²) in [5.74, 6) is 0. The predicted molar refractivity (Wildman–Crippen MR) is 39.7 cm³/mol. The summed E-state index contributed by atoms with van der Waals surface area (Å²) in [6, 6.07) is 0. The second-order valence-electron chi connectivity index (χ2n) is 1.74. The van der Waals surface area contributed by atoms with Gasteiger partial charge in [-0.3, -0.25) is 0 Å². The SMILES string of the molecule is CCc1[nH]cnc1SC. The van der Waals surface area contributed by atoms with Crippen molar-refractivity contribution in [2.24, 2.45) is 0 Å². The summed E-state index contributed by atoms with van der Waals surface area (Å²) in [6.07, 6.45) is 4.82. The molecule has 0 aliphatic rings. The number of hydrogen-bond donors (Lipinski definition) is 1. The van der Waals surface area contributed by atoms with Crippen molar-refractivity contribution >= 4 is 11.8 Å². The zero-order valence-corrected chi connectivity index (χ0v) is 6.46. The van der Waals surface area contributed by atoms with E-state index in [0.29, 0.717) is 0 Å². The van der Waals surface area contributed by atoms with E-state index < -0.39 is 0 Å². The Bertz CT molecular complexity index is 164. The molecule has 1 rings (SSSR count). The number of nitrogens with zero attached hydrogens (tertiary/aromatic N) is 1. The highest BCUT2D eigenvalue weighted by molar-refractivity contribution is 7.98. The largest absolute Gasteiger partial charge is 0.348 e. The lowest BCUT2D eigenvalue weighted by molar-refractivity contribution is 1.01. The highest BCUT2D eigenvalue weighted by Crippen LogP contribution is 2.14. The molecule has 3 heteroatoms. The normalized spacial score (nSPS) is 10.0. The Hall–Kier alpha value is -0.440. The molecule has 9 heavy (non-hydrogen) atoms. The maximum absolute atomic E-state index is 4.11. The third-order valence-electron chi connectivity index (χ3n) is 1.23. The Labute approximate surface area is 59.1 Å². The van der Waals surface area contributed by atoms with Crippen LogP contribution in [-0.2, 0) is 6.42 Å². The number of aromatic amines is 1. The quantitative estimate of drug-likeness (QED) is 0.637. The molecular weight excluding hydrogens is 132 g/mol. The van der Waals surface area contributed by atoms with Crippen molar-refractivity contribution < 1.29 is 0 Å². The van der Waals surface area contributed by atoms with Gasteiger partial charge in [0.25, 0.3) is 0 Å². The summed E-state index contributed by atoms with van der Waals surface area (Å²) < 4.78 is 0. The number of aromatic nitrogens is 2. The second-order valence-corrected chi connectivity index (χ2v) is 2.54. The zero-order chi connectivity index (χ0) is 6.69. The fourth-order valence-corrected chi connectivity index (χ4v) is 1.35. The first-order valence-corrected chi connectivity index (χ1v) is 4.17. The molecule has 50 valence electrons. The fourth-order valence-electron chi connectivity index (χ4n) is 0.738. The van der Waals surface area contributed by atoms with Crippen LogP contribution in [0, 0.1) is 0 Å². The average Bonchev–Trinajstić information content (AvgIpc) is 2.33. The molecule has 1 heterocycles. The van der Waals surface area contributed by atoms with Gasteiger partial charge in [0.05, 0.1) is 6.33 Å². The number of H-pyrrole nitrogens is 1. The van der Waals surface area contributed by atoms with Gasteiger partial charge in [0.15, 0.2) is 0 Å². The summed E-state index contributed by atoms with van der Waals surface area (Å²) >= 11 is 1.68. The summed E-state index contributed by atoms with van der Waals surface area (Å²) in [5, 5.41) is 1.12. The van der Waals surface area contributed by atoms with Crippen LogP contribution in [0.15, 0.2) is 11.4 Å². The third-order valence-corrected chi connectivity index (χ3v) is 1.96. The van der Waals surface area contributed by atoms with Crippen LogP contribution in [0.25, 0.3) is 0 Å². The summed E-state index contributed by atoms with van der Waals surface area (Å²) in [6.45, 7) is 2.12. The molecule has 0 atom stereocenters. The van der Waals surface area contributed by atoms with Gasteiger partial charge >= 0.3 is 0 Å². The Morgan fingerprint density at radius 2 is 2.56 bits per heavy atom. The van der Waals surface area contributed by atoms with E-state index in [1.165, 1.54) is 5.69 Å². The Balaban J connectivity index is 2.85. The van der Waals surface area contributed by atoms with Crippen LogP contribution in [-0.4, -0.2) is 16.2 Å². The number of nitrogens with one attached hydrogen (secondary N) is 1. The van der Waals surface area contributed by atoms with E-state index in [1.807, 2.05) is 6.26 Å². The van der Waals surface area contributed by atoms with Gasteiger partial charge in [0.2, 0.25) is 0 Å². The number of hydrogen-bond acceptors (Lipinski definition) is 2. The Morgan fingerprint density at radius 3 is 3.00 bits per heavy atom. The first-order chi connectivity index (χ1) is 4.38. The molecule has 0 bridgehead atoms. The molecule has 1 N–H and O–H groups in total. The molecule has 0 spiro atoms. The van der Waals surface area contributed by atoms with Crippen molar-refractivity contribution in [3.8, 4) is 0 Å². The van der Waals surface area contributed by atoms with Crippen molar-refractivity contribution in [2.75, 3.05) is 6.26 Å². The molecule has 0 aliphatic carbocycles. The minimum Gasteiger partial charge on any atom is -0.348 e. The molecule has 0 aliphatic heterocycles. The van der Waals surface area contributed by atoms with Crippen LogP contribution < -0.4 is 0 Å². The molecule has 1 aromatic heterocycles. The van der Waals surface area contributed by atoms with Crippen molar-refractivity contribution in [1.82, 2.24) is 9.97 Å². The van der Waals surface area contributed by atoms with Crippen LogP contribution >= 0.6 is 11.8 Å². The smallest absolute Gasteiger partial charge is 0.117 e. The topological polar surface area (TPSA) is 28.7 Å². The van der Waals surface area contributed by atoms with Crippen LogP contribution in [0.5, 0.6) is 0 Å². The van der Waals surface area contributed by atoms with E-state index in [0.717, 1.165) is 11.4 Å². The zero-order valence-electron chi connectivity index (χ0n) is 5.64. The average molecular weight is 142 g/mol. The monoisotopic (exact) mass is 142 g/mol. The van der Waals surface area contributed by atoms with E-state index >= 15 is 0 Å². The number of imidazole rings is 1. The van der Waals surface area contributed by atoms with Crippen molar-refractivity contribution in [1.29, 1.82) is 0 Å². The molecular formula is C6H10N2S. The van der Waals surface area contributed by atoms with Gasteiger partial charge in [0.1, 0.15) is 5.03 Å². The minimum atomic E-state index is 1.04. The molecule has 1 aromatic rings. The summed E-state index contributed by atoms with van der Waals surface area (Å²) in [7, 11) is 0. The lowest BCUT2D eigenvalue weighted by atomic mass is 10.4. The molecule has 2 nitrogen and oxygen atoms in total. The maximum Gasteiger partial charge on any atom is 0.117 e. The molecule has 0 fully saturated rings. The van der Waals surface area contributed by atoms with Crippen LogP contribution in [0.3, 0.4) is 0 Å². The highest BCUT2D eigenvalue weighted by atomic mass is 32.2. The van der Waals surface area contributed by atoms with E-state index in [4.69, 9.17) is 0 Å². The van der Waals surface area contributed by atoms with Crippen LogP contribution in [0.1, 0.15) is 12.6 Å². The van der Waals surface area contributed by atoms with Crippen molar-refractivity contribution in [3.05, 3.63) is 12.0 Å². The van der Waals surface area contributed by atoms with Crippen molar-refractivity contribution in [2.45, 2.75) is 18.4 Å². The Morgan fingerprint density at radius 1 is 1.78 bits per heavy atom. The molecule has 0 aromatic carbocycles. The van der Waals surface area contributed by atoms with E-state index in [-0.39, 0.29) is 0 Å². The fraction of sp³-hybridized carbons (Fsp3) is 0.500. The van der Waals surface area contributed by atoms with Crippen LogP contribution in [0.4, 0.5) is 0 Å². The Kier molecular flexibility index (Phi) is 2.16. The number of aryl methyl sites for hydroxylation is 1. The van der Waals surface area contributed by atoms with Gasteiger partial charge < -0.3 is 4.98 Å². The van der Waals surface area contributed by atoms with Gasteiger partial charge in [0, 0.05) is 5.69 Å². The second kappa shape index (κ2) is 2.92. The predicted octanol–water partition coefficient (Wildman–Crippen LogP) is 1.69. The van der Waals surface area contributed by atoms with Gasteiger partial charge in [-0.25, -0.2) is 4.98 Å². The lowest BCUT2D eigenvalue weighted by Gasteiger charge is -1.91. The molecule has 0 saturated carbocycles. The summed E-state index contributed by atoms with van der Waals surface area (Å²) in [4.78, 5) is 7.19. The third kappa shape index (κ3) is 1.27. The first kappa shape index (κ1) is 6.68. The molecule has 0 amide bonds. The van der Waals surface area contributed by atoms with Gasteiger partial charge in [-0.15, -0.1) is 11.8 Å². The minimum absolute atomic E-state index is 1.04. The molecule has 0 unspecified atom stereocenters. The number of thioether (sulfide) groups is 1. The lowest BCUT2D eigenvalue weighted by Crippen LogP contribution is -1.80. The first-order valence-electron chi connectivity index (χ1n) is 2.94. The van der Waals surface area contributed by atoms with Gasteiger partial charge in [-0.2, -0.15) is 0 Å². The number of rotatable bonds is 2. The molecule has 0 radical (unpaired) electrons. The van der Waals surface area contributed by atoms with Gasteiger partial charge in [-0.1, -0.05) is 6.92 Å². The van der Waals surface area contributed by atoms with Gasteiger partial charge in [-0.05, 0) is 12.7 Å².